The Balaban J connectivity index is 2.29. The first-order chi connectivity index (χ1) is 8.24. The summed E-state index contributed by atoms with van der Waals surface area (Å²) >= 11 is 0. The molecular weight excluding hydrogens is 218 g/mol. The number of methoxy groups -OCH3 is 1. The van der Waals surface area contributed by atoms with Crippen LogP contribution in [0.3, 0.4) is 0 Å². The summed E-state index contributed by atoms with van der Waals surface area (Å²) in [6.45, 7) is 2.48. The number of aromatic nitrogens is 2. The highest BCUT2D eigenvalue weighted by Crippen LogP contribution is 2.24. The lowest BCUT2D eigenvalue weighted by Crippen LogP contribution is -2.02. The highest BCUT2D eigenvalue weighted by molar-refractivity contribution is 5.58. The zero-order valence-electron chi connectivity index (χ0n) is 9.93. The number of hydrogen-bond donors (Lipinski definition) is 1. The van der Waals surface area contributed by atoms with E-state index in [0.29, 0.717) is 24.7 Å². The Morgan fingerprint density at radius 2 is 2.24 bits per heavy atom. The van der Waals surface area contributed by atoms with Crippen molar-refractivity contribution in [2.45, 2.75) is 13.3 Å². The summed E-state index contributed by atoms with van der Waals surface area (Å²) in [6.07, 6.45) is 0.599. The maximum absolute atomic E-state index is 5.43. The van der Waals surface area contributed by atoms with E-state index in [9.17, 15) is 0 Å². The van der Waals surface area contributed by atoms with E-state index in [2.05, 4.69) is 10.1 Å². The second-order valence-electron chi connectivity index (χ2n) is 3.73. The summed E-state index contributed by atoms with van der Waals surface area (Å²) < 4.78 is 10.3. The predicted molar refractivity (Wildman–Crippen MR) is 63.8 cm³/mol. The lowest BCUT2D eigenvalue weighted by atomic mass is 10.1. The summed E-state index contributed by atoms with van der Waals surface area (Å²) in [7, 11) is 1.65. The van der Waals surface area contributed by atoms with Crippen molar-refractivity contribution in [3.8, 4) is 17.1 Å². The molecule has 2 rings (SSSR count). The average Bonchev–Trinajstić information content (AvgIpc) is 2.78. The molecule has 0 aliphatic rings. The van der Waals surface area contributed by atoms with E-state index in [4.69, 9.17) is 15.0 Å². The van der Waals surface area contributed by atoms with Crippen LogP contribution in [0.5, 0.6) is 5.75 Å². The molecule has 0 atom stereocenters. The predicted octanol–water partition coefficient (Wildman–Crippen LogP) is 1.55. The van der Waals surface area contributed by atoms with Gasteiger partial charge >= 0.3 is 0 Å². The van der Waals surface area contributed by atoms with Gasteiger partial charge < -0.3 is 15.0 Å². The van der Waals surface area contributed by atoms with Crippen LogP contribution in [-0.4, -0.2) is 23.8 Å². The normalized spacial score (nSPS) is 10.5. The van der Waals surface area contributed by atoms with E-state index >= 15 is 0 Å². The molecule has 0 unspecified atom stereocenters. The molecule has 1 heterocycles. The van der Waals surface area contributed by atoms with Crippen LogP contribution in [-0.2, 0) is 6.42 Å². The summed E-state index contributed by atoms with van der Waals surface area (Å²) in [5, 5.41) is 3.92. The van der Waals surface area contributed by atoms with Gasteiger partial charge in [0.05, 0.1) is 7.11 Å². The molecule has 0 bridgehead atoms. The van der Waals surface area contributed by atoms with Crippen LogP contribution in [0.2, 0.25) is 0 Å². The highest BCUT2D eigenvalue weighted by Gasteiger charge is 2.09. The number of ether oxygens (including phenoxy) is 1. The second kappa shape index (κ2) is 4.97. The van der Waals surface area contributed by atoms with Gasteiger partial charge in [0.25, 0.3) is 0 Å². The van der Waals surface area contributed by atoms with Crippen LogP contribution in [0.25, 0.3) is 11.4 Å². The molecule has 0 radical (unpaired) electrons. The maximum Gasteiger partial charge on any atom is 0.228 e. The molecule has 0 fully saturated rings. The van der Waals surface area contributed by atoms with Crippen LogP contribution >= 0.6 is 0 Å². The number of nitrogens with two attached hydrogens (primary N) is 1. The molecule has 1 aromatic heterocycles. The minimum Gasteiger partial charge on any atom is -0.496 e. The van der Waals surface area contributed by atoms with Gasteiger partial charge in [0.15, 0.2) is 0 Å². The fourth-order valence-corrected chi connectivity index (χ4v) is 1.61. The van der Waals surface area contributed by atoms with E-state index < -0.39 is 0 Å². The minimum absolute atomic E-state index is 0.503. The summed E-state index contributed by atoms with van der Waals surface area (Å²) in [4.78, 5) is 4.27. The topological polar surface area (TPSA) is 74.2 Å². The fourth-order valence-electron chi connectivity index (χ4n) is 1.61. The smallest absolute Gasteiger partial charge is 0.228 e. The number of aryl methyl sites for hydroxylation is 1. The van der Waals surface area contributed by atoms with Gasteiger partial charge in [0.1, 0.15) is 5.75 Å². The van der Waals surface area contributed by atoms with Gasteiger partial charge in [-0.05, 0) is 30.7 Å². The monoisotopic (exact) mass is 233 g/mol. The van der Waals surface area contributed by atoms with Crippen molar-refractivity contribution in [3.05, 3.63) is 29.7 Å². The SMILES string of the molecule is COc1ccc(-c2noc(CCN)n2)cc1C. The first kappa shape index (κ1) is 11.6. The molecule has 5 nitrogen and oxygen atoms in total. The van der Waals surface area contributed by atoms with Crippen LogP contribution in [0.15, 0.2) is 22.7 Å². The van der Waals surface area contributed by atoms with Gasteiger partial charge in [-0.3, -0.25) is 0 Å². The molecule has 90 valence electrons. The molecule has 1 aromatic carbocycles. The quantitative estimate of drug-likeness (QED) is 0.867. The standard InChI is InChI=1S/C12H15N3O2/c1-8-7-9(3-4-10(8)16-2)12-14-11(5-6-13)17-15-12/h3-4,7H,5-6,13H2,1-2H3. The van der Waals surface area contributed by atoms with Crippen molar-refractivity contribution in [3.63, 3.8) is 0 Å². The van der Waals surface area contributed by atoms with Crippen molar-refractivity contribution in [1.82, 2.24) is 10.1 Å². The van der Waals surface area contributed by atoms with Crippen LogP contribution in [0.4, 0.5) is 0 Å². The molecule has 2 aromatic rings. The lowest BCUT2D eigenvalue weighted by molar-refractivity contribution is 0.380. The number of nitrogens with zero attached hydrogens (tertiary/aromatic N) is 2. The Bertz CT molecular complexity index is 508. The Labute approximate surface area is 99.6 Å². The number of hydrogen-bond acceptors (Lipinski definition) is 5. The maximum atomic E-state index is 5.43. The molecule has 17 heavy (non-hydrogen) atoms. The van der Waals surface area contributed by atoms with Crippen molar-refractivity contribution in [1.29, 1.82) is 0 Å². The minimum atomic E-state index is 0.503. The van der Waals surface area contributed by atoms with Crippen molar-refractivity contribution in [2.24, 2.45) is 5.73 Å². The fraction of sp³-hybridized carbons (Fsp3) is 0.333. The number of benzene rings is 1. The van der Waals surface area contributed by atoms with Crippen molar-refractivity contribution in [2.75, 3.05) is 13.7 Å². The molecule has 0 spiro atoms. The largest absolute Gasteiger partial charge is 0.496 e. The Kier molecular flexibility index (Phi) is 3.39. The Morgan fingerprint density at radius 3 is 2.88 bits per heavy atom. The molecule has 0 saturated heterocycles. The Hall–Kier alpha value is -1.88. The van der Waals surface area contributed by atoms with Gasteiger partial charge in [-0.15, -0.1) is 0 Å². The average molecular weight is 233 g/mol. The summed E-state index contributed by atoms with van der Waals surface area (Å²) in [5.41, 5.74) is 7.38. The zero-order chi connectivity index (χ0) is 12.3. The lowest BCUT2D eigenvalue weighted by Gasteiger charge is -2.04. The third-order valence-corrected chi connectivity index (χ3v) is 2.48. The summed E-state index contributed by atoms with van der Waals surface area (Å²) in [5.74, 6) is 2.00. The highest BCUT2D eigenvalue weighted by atomic mass is 16.5. The number of rotatable bonds is 4. The van der Waals surface area contributed by atoms with Crippen LogP contribution in [0.1, 0.15) is 11.5 Å². The third kappa shape index (κ3) is 2.45. The molecule has 0 amide bonds. The summed E-state index contributed by atoms with van der Waals surface area (Å²) in [6, 6.07) is 5.77. The first-order valence-corrected chi connectivity index (χ1v) is 5.42. The van der Waals surface area contributed by atoms with Gasteiger partial charge in [0.2, 0.25) is 11.7 Å². The van der Waals surface area contributed by atoms with E-state index in [1.54, 1.807) is 7.11 Å². The van der Waals surface area contributed by atoms with E-state index in [0.717, 1.165) is 16.9 Å². The molecule has 2 N–H and O–H groups in total. The first-order valence-electron chi connectivity index (χ1n) is 5.42. The van der Waals surface area contributed by atoms with Crippen LogP contribution < -0.4 is 10.5 Å². The van der Waals surface area contributed by atoms with Gasteiger partial charge in [-0.2, -0.15) is 4.98 Å². The van der Waals surface area contributed by atoms with Gasteiger partial charge in [-0.25, -0.2) is 0 Å². The second-order valence-corrected chi connectivity index (χ2v) is 3.73. The molecule has 0 aliphatic carbocycles. The van der Waals surface area contributed by atoms with E-state index in [1.165, 1.54) is 0 Å². The van der Waals surface area contributed by atoms with Crippen molar-refractivity contribution >= 4 is 0 Å². The van der Waals surface area contributed by atoms with Gasteiger partial charge in [-0.1, -0.05) is 5.16 Å². The molecule has 5 heteroatoms. The zero-order valence-corrected chi connectivity index (χ0v) is 9.93. The van der Waals surface area contributed by atoms with Crippen molar-refractivity contribution < 1.29 is 9.26 Å². The van der Waals surface area contributed by atoms with Gasteiger partial charge in [0, 0.05) is 18.5 Å². The van der Waals surface area contributed by atoms with E-state index in [-0.39, 0.29) is 0 Å². The third-order valence-electron chi connectivity index (χ3n) is 2.48. The molecule has 0 saturated carbocycles. The molecule has 0 aliphatic heterocycles. The Morgan fingerprint density at radius 1 is 1.41 bits per heavy atom. The van der Waals surface area contributed by atoms with E-state index in [1.807, 2.05) is 25.1 Å². The van der Waals surface area contributed by atoms with Crippen LogP contribution in [0, 0.1) is 6.92 Å². The molecular formula is C12H15N3O2.